The zero-order valence-corrected chi connectivity index (χ0v) is 19.2. The Labute approximate surface area is 192 Å². The number of amides is 1. The summed E-state index contributed by atoms with van der Waals surface area (Å²) in [5.74, 6) is 0. The summed E-state index contributed by atoms with van der Waals surface area (Å²) in [6.07, 6.45) is -2.40. The minimum atomic E-state index is -4.53. The number of hydrogen-bond acceptors (Lipinski definition) is 4. The first kappa shape index (κ1) is 23.5. The molecule has 0 aliphatic carbocycles. The van der Waals surface area contributed by atoms with Gasteiger partial charge in [-0.05, 0) is 75.2 Å². The number of hydrogen-bond donors (Lipinski definition) is 0. The number of piperidine rings is 1. The van der Waals surface area contributed by atoms with Gasteiger partial charge in [-0.3, -0.25) is 4.90 Å². The molecule has 1 atom stereocenters. The van der Waals surface area contributed by atoms with Crippen molar-refractivity contribution >= 4 is 23.4 Å². The topological polar surface area (TPSA) is 36.0 Å². The van der Waals surface area contributed by atoms with Gasteiger partial charge < -0.3 is 14.5 Å². The summed E-state index contributed by atoms with van der Waals surface area (Å²) in [4.78, 5) is 18.4. The first-order valence-electron chi connectivity index (χ1n) is 11.4. The molecule has 0 aromatic heterocycles. The fraction of sp³-hybridized carbons (Fsp3) is 0.696. The third kappa shape index (κ3) is 5.28. The number of likely N-dealkylation sites (tertiary alicyclic amines) is 2. The van der Waals surface area contributed by atoms with Crippen LogP contribution in [0.4, 0.5) is 23.7 Å². The number of carbonyl (C=O) groups is 1. The molecule has 3 saturated heterocycles. The molecule has 0 radical (unpaired) electrons. The van der Waals surface area contributed by atoms with Gasteiger partial charge in [0.15, 0.2) is 6.10 Å². The summed E-state index contributed by atoms with van der Waals surface area (Å²) < 4.78 is 42.7. The Balaban J connectivity index is 1.29. The summed E-state index contributed by atoms with van der Waals surface area (Å²) in [5.41, 5.74) is 2.34. The maximum absolute atomic E-state index is 12.7. The molecule has 32 heavy (non-hydrogen) atoms. The van der Waals surface area contributed by atoms with E-state index in [0.29, 0.717) is 13.1 Å². The molecular weight excluding hydrogens is 443 g/mol. The number of alkyl halides is 3. The highest BCUT2D eigenvalue weighted by molar-refractivity contribution is 6.33. The fourth-order valence-corrected chi connectivity index (χ4v) is 5.33. The number of nitrogens with zero attached hydrogens (tertiary/aromatic N) is 3. The van der Waals surface area contributed by atoms with Gasteiger partial charge in [0.2, 0.25) is 0 Å². The van der Waals surface area contributed by atoms with Crippen molar-refractivity contribution in [3.8, 4) is 0 Å². The third-order valence-electron chi connectivity index (χ3n) is 7.22. The largest absolute Gasteiger partial charge is 0.437 e. The first-order valence-corrected chi connectivity index (χ1v) is 11.8. The van der Waals surface area contributed by atoms with Gasteiger partial charge in [-0.2, -0.15) is 13.2 Å². The zero-order chi connectivity index (χ0) is 22.9. The Bertz CT molecular complexity index is 821. The van der Waals surface area contributed by atoms with Gasteiger partial charge in [0.05, 0.1) is 10.7 Å². The van der Waals surface area contributed by atoms with Crippen molar-refractivity contribution in [1.29, 1.82) is 0 Å². The molecule has 3 aliphatic rings. The Morgan fingerprint density at radius 2 is 1.78 bits per heavy atom. The van der Waals surface area contributed by atoms with E-state index in [4.69, 9.17) is 11.6 Å². The molecule has 5 nitrogen and oxygen atoms in total. The van der Waals surface area contributed by atoms with E-state index < -0.39 is 18.4 Å². The molecule has 3 aliphatic heterocycles. The Morgan fingerprint density at radius 1 is 1.12 bits per heavy atom. The lowest BCUT2D eigenvalue weighted by atomic mass is 9.77. The van der Waals surface area contributed by atoms with Crippen LogP contribution in [0.2, 0.25) is 5.02 Å². The van der Waals surface area contributed by atoms with Gasteiger partial charge in [0.25, 0.3) is 0 Å². The number of rotatable bonds is 4. The fourth-order valence-electron chi connectivity index (χ4n) is 5.09. The second-order valence-electron chi connectivity index (χ2n) is 9.50. The standard InChI is InChI=1S/C23H31ClF3N3O2/c1-17(23(25,26)27)32-21(31)30-13-8-22(16-30)6-11-28(12-7-22)15-18-4-5-19(24)20(14-18)29-9-2-3-10-29/h4-5,14,17H,2-3,6-13,15-16H2,1H3. The average molecular weight is 474 g/mol. The molecule has 3 fully saturated rings. The van der Waals surface area contributed by atoms with Crippen LogP contribution < -0.4 is 4.90 Å². The number of halogens is 4. The molecule has 0 N–H and O–H groups in total. The highest BCUT2D eigenvalue weighted by atomic mass is 35.5. The number of ether oxygens (including phenoxy) is 1. The van der Waals surface area contributed by atoms with Crippen LogP contribution >= 0.6 is 11.6 Å². The highest BCUT2D eigenvalue weighted by Gasteiger charge is 2.45. The van der Waals surface area contributed by atoms with Crippen LogP contribution in [0.25, 0.3) is 0 Å². The molecule has 0 saturated carbocycles. The van der Waals surface area contributed by atoms with Gasteiger partial charge >= 0.3 is 12.3 Å². The summed E-state index contributed by atoms with van der Waals surface area (Å²) in [7, 11) is 0. The predicted octanol–water partition coefficient (Wildman–Crippen LogP) is 5.32. The third-order valence-corrected chi connectivity index (χ3v) is 7.53. The van der Waals surface area contributed by atoms with Gasteiger partial charge in [-0.25, -0.2) is 4.79 Å². The minimum Gasteiger partial charge on any atom is -0.437 e. The van der Waals surface area contributed by atoms with Crippen molar-refractivity contribution in [1.82, 2.24) is 9.80 Å². The number of benzene rings is 1. The smallest absolute Gasteiger partial charge is 0.425 e. The van der Waals surface area contributed by atoms with Crippen molar-refractivity contribution in [2.75, 3.05) is 44.2 Å². The Hall–Kier alpha value is -1.67. The van der Waals surface area contributed by atoms with E-state index >= 15 is 0 Å². The summed E-state index contributed by atoms with van der Waals surface area (Å²) in [5, 5.41) is 0.797. The molecule has 3 heterocycles. The molecular formula is C23H31ClF3N3O2. The average Bonchev–Trinajstić information content (AvgIpc) is 3.41. The number of carbonyl (C=O) groups excluding carboxylic acids is 1. The SMILES string of the molecule is CC(OC(=O)N1CCC2(CCN(Cc3ccc(Cl)c(N4CCCC4)c3)CC2)C1)C(F)(F)F. The molecule has 1 aromatic rings. The van der Waals surface area contributed by atoms with E-state index in [1.165, 1.54) is 23.3 Å². The molecule has 1 spiro atoms. The summed E-state index contributed by atoms with van der Waals surface area (Å²) in [6.45, 7) is 6.57. The van der Waals surface area contributed by atoms with Crippen molar-refractivity contribution in [3.05, 3.63) is 28.8 Å². The minimum absolute atomic E-state index is 0.0162. The lowest BCUT2D eigenvalue weighted by Crippen LogP contribution is -2.43. The van der Waals surface area contributed by atoms with Gasteiger partial charge in [-0.1, -0.05) is 17.7 Å². The van der Waals surface area contributed by atoms with E-state index in [1.807, 2.05) is 6.07 Å². The Kier molecular flexibility index (Phi) is 6.82. The monoisotopic (exact) mass is 473 g/mol. The van der Waals surface area contributed by atoms with E-state index in [1.54, 1.807) is 0 Å². The van der Waals surface area contributed by atoms with Crippen LogP contribution in [-0.2, 0) is 11.3 Å². The number of anilines is 1. The normalized spacial score (nSPS) is 22.5. The van der Waals surface area contributed by atoms with Crippen LogP contribution in [-0.4, -0.2) is 67.4 Å². The summed E-state index contributed by atoms with van der Waals surface area (Å²) >= 11 is 6.44. The van der Waals surface area contributed by atoms with Crippen molar-refractivity contribution in [2.24, 2.45) is 5.41 Å². The van der Waals surface area contributed by atoms with Crippen molar-refractivity contribution in [2.45, 2.75) is 57.9 Å². The first-order chi connectivity index (χ1) is 15.2. The quantitative estimate of drug-likeness (QED) is 0.593. The van der Waals surface area contributed by atoms with Gasteiger partial charge in [-0.15, -0.1) is 0 Å². The molecule has 1 aromatic carbocycles. The Morgan fingerprint density at radius 3 is 2.44 bits per heavy atom. The molecule has 4 rings (SSSR count). The van der Waals surface area contributed by atoms with Gasteiger partial charge in [0.1, 0.15) is 0 Å². The molecule has 9 heteroatoms. The van der Waals surface area contributed by atoms with E-state index in [2.05, 4.69) is 26.7 Å². The maximum Gasteiger partial charge on any atom is 0.425 e. The van der Waals surface area contributed by atoms with Gasteiger partial charge in [0, 0.05) is 32.7 Å². The summed E-state index contributed by atoms with van der Waals surface area (Å²) in [6, 6.07) is 6.27. The molecule has 0 bridgehead atoms. The lowest BCUT2D eigenvalue weighted by molar-refractivity contribution is -0.199. The lowest BCUT2D eigenvalue weighted by Gasteiger charge is -2.39. The van der Waals surface area contributed by atoms with E-state index in [9.17, 15) is 18.0 Å². The predicted molar refractivity (Wildman–Crippen MR) is 118 cm³/mol. The second kappa shape index (κ2) is 9.29. The molecule has 1 amide bonds. The highest BCUT2D eigenvalue weighted by Crippen LogP contribution is 2.41. The second-order valence-corrected chi connectivity index (χ2v) is 9.90. The molecule has 1 unspecified atom stereocenters. The van der Waals surface area contributed by atoms with E-state index in [0.717, 1.165) is 69.6 Å². The van der Waals surface area contributed by atoms with Crippen molar-refractivity contribution < 1.29 is 22.7 Å². The van der Waals surface area contributed by atoms with Crippen LogP contribution in [0.1, 0.15) is 44.6 Å². The van der Waals surface area contributed by atoms with Crippen LogP contribution in [0.3, 0.4) is 0 Å². The van der Waals surface area contributed by atoms with Crippen molar-refractivity contribution in [3.63, 3.8) is 0 Å². The van der Waals surface area contributed by atoms with Crippen LogP contribution in [0, 0.1) is 5.41 Å². The molecule has 178 valence electrons. The van der Waals surface area contributed by atoms with Crippen LogP contribution in [0.5, 0.6) is 0 Å². The zero-order valence-electron chi connectivity index (χ0n) is 18.5. The van der Waals surface area contributed by atoms with E-state index in [-0.39, 0.29) is 5.41 Å². The maximum atomic E-state index is 12.7. The van der Waals surface area contributed by atoms with Crippen LogP contribution in [0.15, 0.2) is 18.2 Å².